The highest BCUT2D eigenvalue weighted by atomic mass is 32.1. The van der Waals surface area contributed by atoms with Gasteiger partial charge in [-0.15, -0.1) is 11.3 Å². The number of pyridine rings is 1. The highest BCUT2D eigenvalue weighted by Crippen LogP contribution is 2.43. The van der Waals surface area contributed by atoms with E-state index in [9.17, 15) is 0 Å². The van der Waals surface area contributed by atoms with E-state index in [0.717, 1.165) is 12.1 Å². The second-order valence-corrected chi connectivity index (χ2v) is 17.7. The zero-order chi connectivity index (χ0) is 25.4. The average molecular weight is 506 g/mol. The van der Waals surface area contributed by atoms with Gasteiger partial charge in [0.25, 0.3) is 0 Å². The molecule has 182 valence electrons. The minimum Gasteiger partial charge on any atom is -0.255 e. The Balaban J connectivity index is 1.58. The number of nitrogens with zero attached hydrogens (tertiary/aromatic N) is 1. The topological polar surface area (TPSA) is 12.9 Å². The Kier molecular flexibility index (Phi) is 5.33. The number of benzene rings is 3. The van der Waals surface area contributed by atoms with Crippen LogP contribution in [0, 0.1) is 5.92 Å². The summed E-state index contributed by atoms with van der Waals surface area (Å²) in [4.78, 5) is 6.48. The molecule has 36 heavy (non-hydrogen) atoms. The fraction of sp³-hybridized carbons (Fsp3) is 0.303. The summed E-state index contributed by atoms with van der Waals surface area (Å²) in [6.45, 7) is 16.6. The Morgan fingerprint density at radius 2 is 1.69 bits per heavy atom. The molecule has 1 nitrogen and oxygen atoms in total. The van der Waals surface area contributed by atoms with Gasteiger partial charge in [-0.3, -0.25) is 4.98 Å². The van der Waals surface area contributed by atoms with E-state index in [1.54, 1.807) is 10.4 Å². The molecule has 0 amide bonds. The summed E-state index contributed by atoms with van der Waals surface area (Å²) in [5.41, 5.74) is 6.76. The van der Waals surface area contributed by atoms with Crippen molar-refractivity contribution in [2.45, 2.75) is 59.5 Å². The van der Waals surface area contributed by atoms with E-state index in [1.165, 1.54) is 48.0 Å². The first-order valence-electron chi connectivity index (χ1n) is 13.1. The average Bonchev–Trinajstić information content (AvgIpc) is 3.31. The Morgan fingerprint density at radius 1 is 0.917 bits per heavy atom. The zero-order valence-corrected chi connectivity index (χ0v) is 24.3. The van der Waals surface area contributed by atoms with Crippen molar-refractivity contribution in [1.82, 2.24) is 4.98 Å². The van der Waals surface area contributed by atoms with Crippen LogP contribution >= 0.6 is 11.3 Å². The van der Waals surface area contributed by atoms with Crippen LogP contribution in [-0.2, 0) is 11.8 Å². The fourth-order valence-corrected chi connectivity index (χ4v) is 11.8. The molecule has 0 fully saturated rings. The largest absolute Gasteiger partial charge is 0.255 e. The normalized spacial score (nSPS) is 14.6. The van der Waals surface area contributed by atoms with Crippen molar-refractivity contribution < 1.29 is 0 Å². The summed E-state index contributed by atoms with van der Waals surface area (Å²) < 4.78 is 1.34. The predicted octanol–water partition coefficient (Wildman–Crippen LogP) is 8.42. The molecular weight excluding hydrogens is 471 g/mol. The SMILES string of the molecule is CC(C)Cc1ccc2c(c1)[Si](C)(C)c1c-2sc2c(-c3cc(C(C)(C)C)c4ccccc4c3)nccc12. The monoisotopic (exact) mass is 505 g/mol. The molecule has 3 heterocycles. The molecule has 0 saturated heterocycles. The lowest BCUT2D eigenvalue weighted by molar-refractivity contribution is 0.596. The van der Waals surface area contributed by atoms with E-state index in [0.29, 0.717) is 5.92 Å². The number of fused-ring (bicyclic) bond motifs is 6. The van der Waals surface area contributed by atoms with Gasteiger partial charge in [0.15, 0.2) is 0 Å². The van der Waals surface area contributed by atoms with Crippen LogP contribution < -0.4 is 10.4 Å². The van der Waals surface area contributed by atoms with Gasteiger partial charge in [0.1, 0.15) is 8.07 Å². The number of hydrogen-bond donors (Lipinski definition) is 0. The predicted molar refractivity (Wildman–Crippen MR) is 162 cm³/mol. The summed E-state index contributed by atoms with van der Waals surface area (Å²) in [5.74, 6) is 0.678. The van der Waals surface area contributed by atoms with Gasteiger partial charge >= 0.3 is 0 Å². The van der Waals surface area contributed by atoms with Gasteiger partial charge in [-0.2, -0.15) is 0 Å². The first kappa shape index (κ1) is 23.6. The second kappa shape index (κ2) is 8.13. The van der Waals surface area contributed by atoms with Gasteiger partial charge < -0.3 is 0 Å². The maximum atomic E-state index is 5.00. The highest BCUT2D eigenvalue weighted by molar-refractivity contribution is 7.28. The van der Waals surface area contributed by atoms with Gasteiger partial charge in [0.2, 0.25) is 0 Å². The molecule has 6 rings (SSSR count). The Bertz CT molecular complexity index is 1650. The van der Waals surface area contributed by atoms with Crippen LogP contribution in [0.1, 0.15) is 45.7 Å². The standard InChI is InChI=1S/C33H35NSSi/c1-20(2)16-21-12-13-25-28(17-21)36(6,7)32-26-14-15-34-29(30(26)35-31(25)32)23-18-22-10-8-9-11-24(22)27(19-23)33(3,4)5/h8-15,17-20H,16H2,1-7H3. The summed E-state index contributed by atoms with van der Waals surface area (Å²) in [5, 5.41) is 7.28. The zero-order valence-electron chi connectivity index (χ0n) is 22.5. The minimum absolute atomic E-state index is 0.0578. The van der Waals surface area contributed by atoms with Crippen LogP contribution in [-0.4, -0.2) is 13.1 Å². The van der Waals surface area contributed by atoms with Crippen molar-refractivity contribution >= 4 is 50.6 Å². The van der Waals surface area contributed by atoms with Crippen molar-refractivity contribution in [2.24, 2.45) is 5.92 Å². The molecule has 0 saturated carbocycles. The summed E-state index contributed by atoms with van der Waals surface area (Å²) in [6, 6.07) is 23.1. The molecule has 3 aromatic carbocycles. The summed E-state index contributed by atoms with van der Waals surface area (Å²) >= 11 is 1.96. The molecule has 1 aliphatic heterocycles. The third-order valence-electron chi connectivity index (χ3n) is 7.82. The minimum atomic E-state index is -1.80. The van der Waals surface area contributed by atoms with Gasteiger partial charge in [0, 0.05) is 16.6 Å². The van der Waals surface area contributed by atoms with Gasteiger partial charge in [0.05, 0.1) is 10.4 Å². The van der Waals surface area contributed by atoms with E-state index < -0.39 is 8.07 Å². The van der Waals surface area contributed by atoms with Crippen LogP contribution in [0.5, 0.6) is 0 Å². The van der Waals surface area contributed by atoms with Gasteiger partial charge in [-0.25, -0.2) is 0 Å². The van der Waals surface area contributed by atoms with Gasteiger partial charge in [-0.05, 0) is 79.2 Å². The highest BCUT2D eigenvalue weighted by Gasteiger charge is 2.41. The lowest BCUT2D eigenvalue weighted by Crippen LogP contribution is -2.49. The molecule has 0 N–H and O–H groups in total. The molecule has 0 aliphatic carbocycles. The number of hydrogen-bond acceptors (Lipinski definition) is 2. The number of thiophene rings is 1. The van der Waals surface area contributed by atoms with E-state index in [1.807, 2.05) is 17.5 Å². The quantitative estimate of drug-likeness (QED) is 0.224. The molecule has 0 spiro atoms. The molecule has 5 aromatic rings. The Morgan fingerprint density at radius 3 is 2.44 bits per heavy atom. The molecule has 1 aliphatic rings. The van der Waals surface area contributed by atoms with Crippen LogP contribution in [0.25, 0.3) is 42.6 Å². The third-order valence-corrected chi connectivity index (χ3v) is 12.8. The van der Waals surface area contributed by atoms with Crippen LogP contribution in [0.2, 0.25) is 13.1 Å². The van der Waals surface area contributed by atoms with Crippen LogP contribution in [0.3, 0.4) is 0 Å². The molecule has 0 unspecified atom stereocenters. The van der Waals surface area contributed by atoms with Crippen molar-refractivity contribution in [3.8, 4) is 21.7 Å². The van der Waals surface area contributed by atoms with Crippen molar-refractivity contribution in [1.29, 1.82) is 0 Å². The van der Waals surface area contributed by atoms with Gasteiger partial charge in [-0.1, -0.05) is 90.2 Å². The molecule has 2 aromatic heterocycles. The Labute approximate surface area is 220 Å². The summed E-state index contributed by atoms with van der Waals surface area (Å²) in [7, 11) is -1.80. The van der Waals surface area contributed by atoms with E-state index in [-0.39, 0.29) is 5.41 Å². The summed E-state index contributed by atoms with van der Waals surface area (Å²) in [6.07, 6.45) is 3.19. The van der Waals surface area contributed by atoms with Crippen molar-refractivity contribution in [2.75, 3.05) is 0 Å². The second-order valence-electron chi connectivity index (χ2n) is 12.4. The fourth-order valence-electron chi connectivity index (χ4n) is 6.15. The number of rotatable bonds is 3. The maximum absolute atomic E-state index is 5.00. The smallest absolute Gasteiger partial charge is 0.115 e. The molecule has 3 heteroatoms. The lowest BCUT2D eigenvalue weighted by atomic mass is 9.82. The molecular formula is C33H35NSSi. The van der Waals surface area contributed by atoms with Crippen LogP contribution in [0.15, 0.2) is 66.9 Å². The Hall–Kier alpha value is -2.75. The molecule has 0 bridgehead atoms. The van der Waals surface area contributed by atoms with Crippen molar-refractivity contribution in [3.05, 3.63) is 78.0 Å². The first-order valence-corrected chi connectivity index (χ1v) is 17.0. The lowest BCUT2D eigenvalue weighted by Gasteiger charge is -2.23. The van der Waals surface area contributed by atoms with E-state index in [4.69, 9.17) is 4.98 Å². The first-order chi connectivity index (χ1) is 17.1. The molecule has 0 atom stereocenters. The van der Waals surface area contributed by atoms with Crippen LogP contribution in [0.4, 0.5) is 0 Å². The van der Waals surface area contributed by atoms with E-state index >= 15 is 0 Å². The third kappa shape index (κ3) is 3.59. The van der Waals surface area contributed by atoms with E-state index in [2.05, 4.69) is 108 Å². The van der Waals surface area contributed by atoms with Crippen molar-refractivity contribution in [3.63, 3.8) is 0 Å². The molecule has 0 radical (unpaired) electrons. The number of aromatic nitrogens is 1. The maximum Gasteiger partial charge on any atom is 0.115 e.